The maximum Gasteiger partial charge on any atom is 0.277 e. The first kappa shape index (κ1) is 15.2. The molecule has 24 heavy (non-hydrogen) atoms. The maximum absolute atomic E-state index is 12.1. The molecule has 0 atom stereocenters. The molecule has 0 bridgehead atoms. The number of fused-ring (bicyclic) bond motifs is 1. The van der Waals surface area contributed by atoms with Crippen LogP contribution in [0.1, 0.15) is 12.8 Å². The molecule has 1 fully saturated rings. The molecule has 4 rings (SSSR count). The second kappa shape index (κ2) is 6.65. The number of rotatable bonds is 4. The summed E-state index contributed by atoms with van der Waals surface area (Å²) in [6, 6.07) is 14.2. The highest BCUT2D eigenvalue weighted by Crippen LogP contribution is 2.26. The van der Waals surface area contributed by atoms with Crippen LogP contribution in [0.3, 0.4) is 0 Å². The van der Waals surface area contributed by atoms with E-state index in [1.807, 2.05) is 35.2 Å². The Hall–Kier alpha value is -2.34. The normalized spacial score (nSPS) is 14.4. The number of amides is 1. The van der Waals surface area contributed by atoms with Gasteiger partial charge in [0, 0.05) is 18.7 Å². The molecule has 1 aliphatic rings. The van der Waals surface area contributed by atoms with Crippen molar-refractivity contribution < 1.29 is 9.21 Å². The summed E-state index contributed by atoms with van der Waals surface area (Å²) in [6.45, 7) is 1.73. The number of aromatic nitrogens is 2. The van der Waals surface area contributed by atoms with E-state index in [0.29, 0.717) is 16.9 Å². The van der Waals surface area contributed by atoms with Gasteiger partial charge >= 0.3 is 0 Å². The van der Waals surface area contributed by atoms with Crippen LogP contribution in [0.15, 0.2) is 52.1 Å². The highest BCUT2D eigenvalue weighted by atomic mass is 32.2. The topological polar surface area (TPSA) is 59.2 Å². The molecule has 6 heteroatoms. The Balaban J connectivity index is 1.46. The molecule has 0 aliphatic carbocycles. The summed E-state index contributed by atoms with van der Waals surface area (Å²) in [7, 11) is 0. The zero-order valence-corrected chi connectivity index (χ0v) is 14.0. The van der Waals surface area contributed by atoms with Crippen LogP contribution in [0.4, 0.5) is 0 Å². The van der Waals surface area contributed by atoms with Crippen molar-refractivity contribution in [3.63, 3.8) is 0 Å². The van der Waals surface area contributed by atoms with Gasteiger partial charge in [-0.3, -0.25) is 4.79 Å². The van der Waals surface area contributed by atoms with E-state index < -0.39 is 0 Å². The Kier molecular flexibility index (Phi) is 4.21. The molecule has 0 N–H and O–H groups in total. The Morgan fingerprint density at radius 2 is 1.88 bits per heavy atom. The number of nitrogens with zero attached hydrogens (tertiary/aromatic N) is 3. The number of likely N-dealkylation sites (tertiary alicyclic amines) is 1. The van der Waals surface area contributed by atoms with Crippen LogP contribution in [-0.2, 0) is 4.79 Å². The second-order valence-corrected chi connectivity index (χ2v) is 6.74. The number of hydrogen-bond acceptors (Lipinski definition) is 5. The summed E-state index contributed by atoms with van der Waals surface area (Å²) < 4.78 is 5.70. The quantitative estimate of drug-likeness (QED) is 0.680. The van der Waals surface area contributed by atoms with E-state index in [1.54, 1.807) is 0 Å². The van der Waals surface area contributed by atoms with Gasteiger partial charge in [0.25, 0.3) is 5.22 Å². The molecule has 1 aromatic heterocycles. The fraction of sp³-hybridized carbons (Fsp3) is 0.278. The predicted octanol–water partition coefficient (Wildman–Crippen LogP) is 3.60. The minimum Gasteiger partial charge on any atom is -0.411 e. The zero-order chi connectivity index (χ0) is 16.4. The van der Waals surface area contributed by atoms with Gasteiger partial charge in [-0.2, -0.15) is 0 Å². The lowest BCUT2D eigenvalue weighted by Crippen LogP contribution is -2.29. The van der Waals surface area contributed by atoms with Gasteiger partial charge in [-0.1, -0.05) is 42.1 Å². The first-order valence-electron chi connectivity index (χ1n) is 8.03. The van der Waals surface area contributed by atoms with Crippen molar-refractivity contribution in [1.29, 1.82) is 0 Å². The van der Waals surface area contributed by atoms with E-state index in [9.17, 15) is 4.79 Å². The third kappa shape index (κ3) is 3.14. The predicted molar refractivity (Wildman–Crippen MR) is 93.8 cm³/mol. The lowest BCUT2D eigenvalue weighted by molar-refractivity contribution is -0.127. The SMILES string of the molecule is O=C(CSc1nnc(-c2ccc3ccccc3c2)o1)N1CCCC1. The average molecular weight is 339 g/mol. The van der Waals surface area contributed by atoms with E-state index in [4.69, 9.17) is 4.42 Å². The van der Waals surface area contributed by atoms with Gasteiger partial charge in [0.1, 0.15) is 0 Å². The maximum atomic E-state index is 12.1. The van der Waals surface area contributed by atoms with Gasteiger partial charge in [0.2, 0.25) is 11.8 Å². The minimum atomic E-state index is 0.142. The fourth-order valence-corrected chi connectivity index (χ4v) is 3.55. The van der Waals surface area contributed by atoms with E-state index in [0.717, 1.165) is 36.9 Å². The molecule has 3 aromatic rings. The molecule has 1 saturated heterocycles. The second-order valence-electron chi connectivity index (χ2n) is 5.81. The highest BCUT2D eigenvalue weighted by molar-refractivity contribution is 7.99. The number of benzene rings is 2. The summed E-state index contributed by atoms with van der Waals surface area (Å²) in [5, 5.41) is 10.9. The monoisotopic (exact) mass is 339 g/mol. The molecule has 0 saturated carbocycles. The van der Waals surface area contributed by atoms with E-state index >= 15 is 0 Å². The van der Waals surface area contributed by atoms with Crippen LogP contribution in [0.5, 0.6) is 0 Å². The molecule has 122 valence electrons. The zero-order valence-electron chi connectivity index (χ0n) is 13.1. The first-order chi connectivity index (χ1) is 11.8. The van der Waals surface area contributed by atoms with Crippen molar-refractivity contribution >= 4 is 28.4 Å². The summed E-state index contributed by atoms with van der Waals surface area (Å²) in [5.74, 6) is 0.971. The van der Waals surface area contributed by atoms with E-state index in [-0.39, 0.29) is 5.91 Å². The van der Waals surface area contributed by atoms with Gasteiger partial charge in [-0.25, -0.2) is 0 Å². The number of carbonyl (C=O) groups is 1. The van der Waals surface area contributed by atoms with Gasteiger partial charge in [-0.05, 0) is 35.7 Å². The first-order valence-corrected chi connectivity index (χ1v) is 9.01. The van der Waals surface area contributed by atoms with Crippen LogP contribution in [-0.4, -0.2) is 39.8 Å². The molecule has 1 amide bonds. The Morgan fingerprint density at radius 1 is 1.08 bits per heavy atom. The smallest absolute Gasteiger partial charge is 0.277 e. The van der Waals surface area contributed by atoms with Crippen molar-refractivity contribution in [2.24, 2.45) is 0 Å². The number of thioether (sulfide) groups is 1. The van der Waals surface area contributed by atoms with E-state index in [1.165, 1.54) is 17.1 Å². The Morgan fingerprint density at radius 3 is 2.71 bits per heavy atom. The molecule has 2 heterocycles. The molecule has 0 radical (unpaired) electrons. The molecule has 0 spiro atoms. The largest absolute Gasteiger partial charge is 0.411 e. The van der Waals surface area contributed by atoms with Gasteiger partial charge < -0.3 is 9.32 Å². The number of hydrogen-bond donors (Lipinski definition) is 0. The summed E-state index contributed by atoms with van der Waals surface area (Å²) in [5.41, 5.74) is 0.888. The fourth-order valence-electron chi connectivity index (χ4n) is 2.89. The minimum absolute atomic E-state index is 0.142. The summed E-state index contributed by atoms with van der Waals surface area (Å²) in [4.78, 5) is 14.0. The lowest BCUT2D eigenvalue weighted by Gasteiger charge is -2.13. The van der Waals surface area contributed by atoms with Crippen LogP contribution in [0, 0.1) is 0 Å². The van der Waals surface area contributed by atoms with Crippen LogP contribution in [0.2, 0.25) is 0 Å². The third-order valence-corrected chi connectivity index (χ3v) is 4.98. The van der Waals surface area contributed by atoms with Gasteiger partial charge in [0.15, 0.2) is 0 Å². The van der Waals surface area contributed by atoms with Crippen molar-refractivity contribution in [1.82, 2.24) is 15.1 Å². The van der Waals surface area contributed by atoms with E-state index in [2.05, 4.69) is 22.3 Å². The summed E-state index contributed by atoms with van der Waals surface area (Å²) in [6.07, 6.45) is 2.20. The van der Waals surface area contributed by atoms with Crippen molar-refractivity contribution in [3.05, 3.63) is 42.5 Å². The Bertz CT molecular complexity index is 871. The lowest BCUT2D eigenvalue weighted by atomic mass is 10.1. The van der Waals surface area contributed by atoms with Gasteiger partial charge in [-0.15, -0.1) is 10.2 Å². The van der Waals surface area contributed by atoms with Crippen LogP contribution >= 0.6 is 11.8 Å². The number of carbonyl (C=O) groups excluding carboxylic acids is 1. The molecule has 0 unspecified atom stereocenters. The third-order valence-electron chi connectivity index (χ3n) is 4.18. The van der Waals surface area contributed by atoms with Gasteiger partial charge in [0.05, 0.1) is 5.75 Å². The molecular formula is C18H17N3O2S. The molecule has 1 aliphatic heterocycles. The average Bonchev–Trinajstić information content (AvgIpc) is 3.31. The summed E-state index contributed by atoms with van der Waals surface area (Å²) >= 11 is 1.30. The molecular weight excluding hydrogens is 322 g/mol. The van der Waals surface area contributed by atoms with Crippen molar-refractivity contribution in [3.8, 4) is 11.5 Å². The van der Waals surface area contributed by atoms with Crippen LogP contribution < -0.4 is 0 Å². The van der Waals surface area contributed by atoms with Crippen molar-refractivity contribution in [2.45, 2.75) is 18.1 Å². The molecule has 2 aromatic carbocycles. The van der Waals surface area contributed by atoms with Crippen molar-refractivity contribution in [2.75, 3.05) is 18.8 Å². The standard InChI is InChI=1S/C18H17N3O2S/c22-16(21-9-3-4-10-21)12-24-18-20-19-17(23-18)15-8-7-13-5-1-2-6-14(13)11-15/h1-2,5-8,11H,3-4,9-10,12H2. The Labute approximate surface area is 144 Å². The molecule has 5 nitrogen and oxygen atoms in total. The van der Waals surface area contributed by atoms with Crippen LogP contribution in [0.25, 0.3) is 22.2 Å². The highest BCUT2D eigenvalue weighted by Gasteiger charge is 2.19.